The van der Waals surface area contributed by atoms with E-state index in [1.165, 1.54) is 44.6 Å². The van der Waals surface area contributed by atoms with E-state index in [1.807, 2.05) is 0 Å². The van der Waals surface area contributed by atoms with Gasteiger partial charge in [0, 0.05) is 6.07 Å². The Hall–Kier alpha value is -2.56. The highest BCUT2D eigenvalue weighted by molar-refractivity contribution is 7.89. The Morgan fingerprint density at radius 1 is 1.08 bits per heavy atom. The van der Waals surface area contributed by atoms with Crippen molar-refractivity contribution in [3.05, 3.63) is 53.8 Å². The van der Waals surface area contributed by atoms with Gasteiger partial charge in [0.2, 0.25) is 10.0 Å². The number of methoxy groups -OCH3 is 2. The Balaban J connectivity index is 2.11. The molecule has 7 heteroatoms. The number of nitrogens with one attached hydrogen (secondary N) is 1. The van der Waals surface area contributed by atoms with Crippen molar-refractivity contribution >= 4 is 10.0 Å². The van der Waals surface area contributed by atoms with E-state index >= 15 is 0 Å². The number of hydrogen-bond acceptors (Lipinski definition) is 4. The summed E-state index contributed by atoms with van der Waals surface area (Å²) in [6.45, 7) is -0.148. The summed E-state index contributed by atoms with van der Waals surface area (Å²) < 4.78 is 50.3. The largest absolute Gasteiger partial charge is 0.493 e. The Morgan fingerprint density at radius 2 is 1.79 bits per heavy atom. The van der Waals surface area contributed by atoms with Crippen molar-refractivity contribution in [2.75, 3.05) is 20.8 Å². The van der Waals surface area contributed by atoms with Crippen molar-refractivity contribution in [1.82, 2.24) is 4.72 Å². The Morgan fingerprint density at radius 3 is 2.46 bits per heavy atom. The van der Waals surface area contributed by atoms with Crippen LogP contribution in [-0.2, 0) is 10.0 Å². The molecule has 2 aromatic rings. The molecule has 0 spiro atoms. The topological polar surface area (TPSA) is 64.6 Å². The standard InChI is InChI=1S/C17H16FNO4S/c1-22-16-10-9-14(12-17(16)23-2)24(20,21)19-11-5-7-13-6-3-4-8-15(13)18/h3-4,6,8-10,12,19H,11H2,1-2H3. The van der Waals surface area contributed by atoms with E-state index in [1.54, 1.807) is 12.1 Å². The highest BCUT2D eigenvalue weighted by Gasteiger charge is 2.16. The molecule has 24 heavy (non-hydrogen) atoms. The predicted octanol–water partition coefficient (Wildman–Crippen LogP) is 2.17. The van der Waals surface area contributed by atoms with Gasteiger partial charge < -0.3 is 9.47 Å². The molecule has 0 heterocycles. The molecule has 0 saturated carbocycles. The predicted molar refractivity (Wildman–Crippen MR) is 88.0 cm³/mol. The molecule has 126 valence electrons. The average Bonchev–Trinajstić information content (AvgIpc) is 2.59. The van der Waals surface area contributed by atoms with E-state index in [-0.39, 0.29) is 17.0 Å². The molecule has 0 bridgehead atoms. The Kier molecular flexibility index (Phi) is 5.79. The lowest BCUT2D eigenvalue weighted by molar-refractivity contribution is 0.354. The summed E-state index contributed by atoms with van der Waals surface area (Å²) in [7, 11) is -0.885. The molecule has 0 unspecified atom stereocenters. The van der Waals surface area contributed by atoms with Crippen LogP contribution < -0.4 is 14.2 Å². The highest BCUT2D eigenvalue weighted by Crippen LogP contribution is 2.29. The third-order valence-electron chi connectivity index (χ3n) is 3.11. The molecular formula is C17H16FNO4S. The van der Waals surface area contributed by atoms with Crippen molar-refractivity contribution in [2.45, 2.75) is 4.90 Å². The van der Waals surface area contributed by atoms with Gasteiger partial charge >= 0.3 is 0 Å². The van der Waals surface area contributed by atoms with Crippen LogP contribution in [0.1, 0.15) is 5.56 Å². The monoisotopic (exact) mass is 349 g/mol. The van der Waals surface area contributed by atoms with Crippen LogP contribution in [0.3, 0.4) is 0 Å². The molecule has 0 aromatic heterocycles. The van der Waals surface area contributed by atoms with Gasteiger partial charge in [-0.05, 0) is 24.3 Å². The first kappa shape index (κ1) is 17.8. The fourth-order valence-corrected chi connectivity index (χ4v) is 2.84. The molecule has 0 atom stereocenters. The number of hydrogen-bond donors (Lipinski definition) is 1. The summed E-state index contributed by atoms with van der Waals surface area (Å²) in [4.78, 5) is 0.0211. The number of halogens is 1. The first-order valence-electron chi connectivity index (χ1n) is 6.93. The maximum atomic E-state index is 13.4. The van der Waals surface area contributed by atoms with Crippen molar-refractivity contribution in [3.63, 3.8) is 0 Å². The lowest BCUT2D eigenvalue weighted by Gasteiger charge is -2.10. The molecule has 0 radical (unpaired) electrons. The molecular weight excluding hydrogens is 333 g/mol. The Labute approximate surface area is 140 Å². The zero-order valence-corrected chi connectivity index (χ0v) is 14.0. The van der Waals surface area contributed by atoms with E-state index in [0.717, 1.165) is 0 Å². The van der Waals surface area contributed by atoms with Gasteiger partial charge in [-0.25, -0.2) is 12.8 Å². The van der Waals surface area contributed by atoms with E-state index in [0.29, 0.717) is 11.5 Å². The zero-order valence-electron chi connectivity index (χ0n) is 13.2. The highest BCUT2D eigenvalue weighted by atomic mass is 32.2. The van der Waals surface area contributed by atoms with Gasteiger partial charge in [0.1, 0.15) is 5.82 Å². The smallest absolute Gasteiger partial charge is 0.241 e. The maximum Gasteiger partial charge on any atom is 0.241 e. The minimum Gasteiger partial charge on any atom is -0.493 e. The fourth-order valence-electron chi connectivity index (χ4n) is 1.90. The van der Waals surface area contributed by atoms with Gasteiger partial charge in [-0.2, -0.15) is 4.72 Å². The van der Waals surface area contributed by atoms with Crippen LogP contribution in [0.25, 0.3) is 0 Å². The van der Waals surface area contributed by atoms with Crippen LogP contribution in [-0.4, -0.2) is 29.2 Å². The first-order chi connectivity index (χ1) is 11.5. The van der Waals surface area contributed by atoms with Crippen molar-refractivity contribution in [3.8, 4) is 23.3 Å². The molecule has 1 N–H and O–H groups in total. The maximum absolute atomic E-state index is 13.4. The second-order valence-corrected chi connectivity index (χ2v) is 6.39. The zero-order chi connectivity index (χ0) is 17.6. The van der Waals surface area contributed by atoms with E-state index in [2.05, 4.69) is 16.6 Å². The fraction of sp³-hybridized carbons (Fsp3) is 0.176. The minimum absolute atomic E-state index is 0.0211. The number of benzene rings is 2. The van der Waals surface area contributed by atoms with Crippen LogP contribution in [0, 0.1) is 17.7 Å². The lowest BCUT2D eigenvalue weighted by atomic mass is 10.2. The van der Waals surface area contributed by atoms with Gasteiger partial charge in [-0.3, -0.25) is 0 Å². The summed E-state index contributed by atoms with van der Waals surface area (Å²) in [6, 6.07) is 10.3. The molecule has 0 aliphatic rings. The van der Waals surface area contributed by atoms with Crippen molar-refractivity contribution < 1.29 is 22.3 Å². The molecule has 2 rings (SSSR count). The second kappa shape index (κ2) is 7.81. The van der Waals surface area contributed by atoms with E-state index in [4.69, 9.17) is 9.47 Å². The minimum atomic E-state index is -3.76. The SMILES string of the molecule is COc1ccc(S(=O)(=O)NCC#Cc2ccccc2F)cc1OC. The summed E-state index contributed by atoms with van der Waals surface area (Å²) in [5.74, 6) is 5.44. The first-order valence-corrected chi connectivity index (χ1v) is 8.41. The molecule has 0 fully saturated rings. The van der Waals surface area contributed by atoms with E-state index < -0.39 is 15.8 Å². The van der Waals surface area contributed by atoms with Crippen LogP contribution in [0.15, 0.2) is 47.4 Å². The lowest BCUT2D eigenvalue weighted by Crippen LogP contribution is -2.24. The third-order valence-corrected chi connectivity index (χ3v) is 4.51. The summed E-state index contributed by atoms with van der Waals surface area (Å²) in [6.07, 6.45) is 0. The number of sulfonamides is 1. The molecule has 0 saturated heterocycles. The average molecular weight is 349 g/mol. The van der Waals surface area contributed by atoms with Gasteiger partial charge in [0.25, 0.3) is 0 Å². The summed E-state index contributed by atoms with van der Waals surface area (Å²) in [5.41, 5.74) is 0.211. The van der Waals surface area contributed by atoms with Crippen molar-refractivity contribution in [2.24, 2.45) is 0 Å². The van der Waals surface area contributed by atoms with Crippen LogP contribution in [0.4, 0.5) is 4.39 Å². The molecule has 0 aliphatic carbocycles. The number of rotatable bonds is 5. The van der Waals surface area contributed by atoms with E-state index in [9.17, 15) is 12.8 Å². The van der Waals surface area contributed by atoms with Gasteiger partial charge in [-0.15, -0.1) is 0 Å². The molecule has 0 aliphatic heterocycles. The van der Waals surface area contributed by atoms with Crippen LogP contribution >= 0.6 is 0 Å². The third kappa shape index (κ3) is 4.25. The summed E-state index contributed by atoms with van der Waals surface area (Å²) >= 11 is 0. The van der Waals surface area contributed by atoms with Crippen LogP contribution in [0.2, 0.25) is 0 Å². The Bertz CT molecular complexity index is 885. The van der Waals surface area contributed by atoms with Crippen LogP contribution in [0.5, 0.6) is 11.5 Å². The van der Waals surface area contributed by atoms with Crippen molar-refractivity contribution in [1.29, 1.82) is 0 Å². The second-order valence-electron chi connectivity index (χ2n) is 4.62. The molecule has 2 aromatic carbocycles. The number of ether oxygens (including phenoxy) is 2. The van der Waals surface area contributed by atoms with Gasteiger partial charge in [-0.1, -0.05) is 24.0 Å². The summed E-state index contributed by atoms with van der Waals surface area (Å²) in [5, 5.41) is 0. The molecule has 0 amide bonds. The van der Waals surface area contributed by atoms with Gasteiger partial charge in [0.05, 0.1) is 31.2 Å². The normalized spacial score (nSPS) is 10.6. The van der Waals surface area contributed by atoms with Gasteiger partial charge in [0.15, 0.2) is 11.5 Å². The quantitative estimate of drug-likeness (QED) is 0.841. The molecule has 5 nitrogen and oxygen atoms in total.